The molecule has 0 unspecified atom stereocenters. The number of nitrogens with one attached hydrogen (secondary N) is 2. The average Bonchev–Trinajstić information content (AvgIpc) is 3.02. The molecular formula is C18H27N5O3S2. The van der Waals surface area contributed by atoms with Crippen molar-refractivity contribution in [3.63, 3.8) is 0 Å². The van der Waals surface area contributed by atoms with Crippen LogP contribution in [0, 0.1) is 11.7 Å². The minimum absolute atomic E-state index is 0.124. The third-order valence-electron chi connectivity index (χ3n) is 4.58. The van der Waals surface area contributed by atoms with Crippen LogP contribution in [0.15, 0.2) is 23.1 Å². The number of amides is 1. The smallest absolute Gasteiger partial charge is 0.251 e. The van der Waals surface area contributed by atoms with Gasteiger partial charge in [0.15, 0.2) is 4.77 Å². The highest BCUT2D eigenvalue weighted by atomic mass is 32.2. The minimum atomic E-state index is -3.62. The summed E-state index contributed by atoms with van der Waals surface area (Å²) >= 11 is 5.15. The maximum absolute atomic E-state index is 12.7. The van der Waals surface area contributed by atoms with Gasteiger partial charge in [0.2, 0.25) is 10.0 Å². The third kappa shape index (κ3) is 4.68. The van der Waals surface area contributed by atoms with Crippen molar-refractivity contribution in [1.82, 2.24) is 24.4 Å². The predicted octanol–water partition coefficient (Wildman–Crippen LogP) is 2.27. The van der Waals surface area contributed by atoms with Crippen molar-refractivity contribution in [3.05, 3.63) is 39.9 Å². The van der Waals surface area contributed by atoms with Crippen molar-refractivity contribution < 1.29 is 13.2 Å². The van der Waals surface area contributed by atoms with E-state index in [1.165, 1.54) is 10.4 Å². The zero-order valence-corrected chi connectivity index (χ0v) is 18.3. The van der Waals surface area contributed by atoms with Crippen molar-refractivity contribution in [3.8, 4) is 0 Å². The molecule has 1 aromatic heterocycles. The maximum Gasteiger partial charge on any atom is 0.251 e. The molecule has 0 aliphatic rings. The Labute approximate surface area is 171 Å². The minimum Gasteiger partial charge on any atom is -0.352 e. The lowest BCUT2D eigenvalue weighted by atomic mass is 10.1. The Morgan fingerprint density at radius 1 is 1.29 bits per heavy atom. The predicted molar refractivity (Wildman–Crippen MR) is 110 cm³/mol. The zero-order valence-electron chi connectivity index (χ0n) is 16.7. The number of carbonyl (C=O) groups excluding carboxylic acids is 1. The molecule has 0 atom stereocenters. The second-order valence-corrected chi connectivity index (χ2v) is 8.59. The molecule has 0 saturated heterocycles. The Morgan fingerprint density at radius 2 is 1.96 bits per heavy atom. The second kappa shape index (κ2) is 9.44. The first-order valence-corrected chi connectivity index (χ1v) is 11.1. The first-order valence-electron chi connectivity index (χ1n) is 9.29. The second-order valence-electron chi connectivity index (χ2n) is 6.26. The van der Waals surface area contributed by atoms with E-state index in [2.05, 4.69) is 15.5 Å². The van der Waals surface area contributed by atoms with Gasteiger partial charge in [-0.3, -0.25) is 9.89 Å². The van der Waals surface area contributed by atoms with Crippen molar-refractivity contribution in [2.45, 2.75) is 45.6 Å². The first kappa shape index (κ1) is 22.3. The van der Waals surface area contributed by atoms with Crippen molar-refractivity contribution in [1.29, 1.82) is 0 Å². The highest BCUT2D eigenvalue weighted by Gasteiger charge is 2.23. The fourth-order valence-corrected chi connectivity index (χ4v) is 4.73. The number of aryl methyl sites for hydroxylation is 1. The maximum atomic E-state index is 12.7. The molecule has 154 valence electrons. The van der Waals surface area contributed by atoms with Crippen LogP contribution < -0.4 is 5.32 Å². The fraction of sp³-hybridized carbons (Fsp3) is 0.500. The van der Waals surface area contributed by atoms with Crippen molar-refractivity contribution in [2.24, 2.45) is 0 Å². The van der Waals surface area contributed by atoms with E-state index in [-0.39, 0.29) is 10.8 Å². The third-order valence-corrected chi connectivity index (χ3v) is 6.94. The molecule has 0 spiro atoms. The molecule has 0 radical (unpaired) electrons. The van der Waals surface area contributed by atoms with Crippen LogP contribution >= 0.6 is 12.2 Å². The Kier molecular flexibility index (Phi) is 7.50. The summed E-state index contributed by atoms with van der Waals surface area (Å²) in [6.45, 7) is 9.14. The van der Waals surface area contributed by atoms with E-state index >= 15 is 0 Å². The van der Waals surface area contributed by atoms with E-state index in [1.54, 1.807) is 32.9 Å². The monoisotopic (exact) mass is 425 g/mol. The summed E-state index contributed by atoms with van der Waals surface area (Å²) in [5, 5.41) is 9.75. The number of rotatable bonds is 9. The van der Waals surface area contributed by atoms with E-state index in [9.17, 15) is 13.2 Å². The topological polar surface area (TPSA) is 100 Å². The van der Waals surface area contributed by atoms with Gasteiger partial charge in [0.25, 0.3) is 5.91 Å². The summed E-state index contributed by atoms with van der Waals surface area (Å²) in [5.41, 5.74) is 1.06. The quantitative estimate of drug-likeness (QED) is 0.601. The Morgan fingerprint density at radius 3 is 2.57 bits per heavy atom. The van der Waals surface area contributed by atoms with Gasteiger partial charge >= 0.3 is 0 Å². The van der Waals surface area contributed by atoms with E-state index in [0.717, 1.165) is 5.82 Å². The molecular weight excluding hydrogens is 398 g/mol. The van der Waals surface area contributed by atoms with Crippen LogP contribution in [0.3, 0.4) is 0 Å². The Balaban J connectivity index is 2.16. The fourth-order valence-electron chi connectivity index (χ4n) is 2.97. The SMILES string of the molecule is CCN(CC)S(=O)(=O)c1ccc(C)c(C(=O)NCCc2n[nH]c(=S)n2CC)c1. The Bertz CT molecular complexity index is 991. The first-order chi connectivity index (χ1) is 13.3. The van der Waals surface area contributed by atoms with Gasteiger partial charge < -0.3 is 9.88 Å². The molecule has 0 bridgehead atoms. The summed E-state index contributed by atoms with van der Waals surface area (Å²) in [6, 6.07) is 4.65. The lowest BCUT2D eigenvalue weighted by Crippen LogP contribution is -2.31. The van der Waals surface area contributed by atoms with Gasteiger partial charge in [0.05, 0.1) is 4.90 Å². The van der Waals surface area contributed by atoms with Gasteiger partial charge in [0.1, 0.15) is 5.82 Å². The molecule has 1 amide bonds. The van der Waals surface area contributed by atoms with E-state index in [1.807, 2.05) is 11.5 Å². The van der Waals surface area contributed by atoms with Gasteiger partial charge in [-0.2, -0.15) is 9.40 Å². The summed E-state index contributed by atoms with van der Waals surface area (Å²) in [7, 11) is -3.62. The molecule has 1 heterocycles. The number of aromatic amines is 1. The molecule has 2 N–H and O–H groups in total. The number of hydrogen-bond acceptors (Lipinski definition) is 5. The molecule has 0 aliphatic heterocycles. The van der Waals surface area contributed by atoms with Gasteiger partial charge in [-0.15, -0.1) is 0 Å². The zero-order chi connectivity index (χ0) is 20.9. The van der Waals surface area contributed by atoms with Crippen molar-refractivity contribution in [2.75, 3.05) is 19.6 Å². The summed E-state index contributed by atoms with van der Waals surface area (Å²) < 4.78 is 29.2. The highest BCUT2D eigenvalue weighted by Crippen LogP contribution is 2.19. The van der Waals surface area contributed by atoms with Crippen LogP contribution in [0.1, 0.15) is 42.5 Å². The largest absolute Gasteiger partial charge is 0.352 e. The summed E-state index contributed by atoms with van der Waals surface area (Å²) in [5.74, 6) is 0.452. The molecule has 2 rings (SSSR count). The normalized spacial score (nSPS) is 11.8. The molecule has 10 heteroatoms. The number of nitrogens with zero attached hydrogens (tertiary/aromatic N) is 3. The van der Waals surface area contributed by atoms with Crippen LogP contribution in [-0.4, -0.2) is 53.0 Å². The van der Waals surface area contributed by atoms with Crippen LogP contribution in [0.4, 0.5) is 0 Å². The number of sulfonamides is 1. The Hall–Kier alpha value is -2.04. The molecule has 1 aromatic carbocycles. The molecule has 28 heavy (non-hydrogen) atoms. The molecule has 8 nitrogen and oxygen atoms in total. The van der Waals surface area contributed by atoms with Gasteiger partial charge in [-0.05, 0) is 43.8 Å². The number of carbonyl (C=O) groups is 1. The van der Waals surface area contributed by atoms with Crippen LogP contribution in [0.2, 0.25) is 0 Å². The van der Waals surface area contributed by atoms with Crippen LogP contribution in [-0.2, 0) is 23.0 Å². The standard InChI is InChI=1S/C18H27N5O3S2/c1-5-22(6-2)28(25,26)14-9-8-13(4)15(12-14)17(24)19-11-10-16-20-21-18(27)23(16)7-3/h8-9,12H,5-7,10-11H2,1-4H3,(H,19,24)(H,21,27). The molecule has 0 fully saturated rings. The molecule has 0 aliphatic carbocycles. The molecule has 0 saturated carbocycles. The average molecular weight is 426 g/mol. The summed E-state index contributed by atoms with van der Waals surface area (Å²) in [4.78, 5) is 12.8. The van der Waals surface area contributed by atoms with Crippen LogP contribution in [0.5, 0.6) is 0 Å². The van der Waals surface area contributed by atoms with Gasteiger partial charge in [-0.25, -0.2) is 8.42 Å². The molecule has 2 aromatic rings. The summed E-state index contributed by atoms with van der Waals surface area (Å²) in [6.07, 6.45) is 0.517. The lowest BCUT2D eigenvalue weighted by molar-refractivity contribution is 0.0953. The van der Waals surface area contributed by atoms with E-state index in [4.69, 9.17) is 12.2 Å². The highest BCUT2D eigenvalue weighted by molar-refractivity contribution is 7.89. The van der Waals surface area contributed by atoms with Gasteiger partial charge in [-0.1, -0.05) is 19.9 Å². The van der Waals surface area contributed by atoms with E-state index in [0.29, 0.717) is 48.5 Å². The lowest BCUT2D eigenvalue weighted by Gasteiger charge is -2.19. The van der Waals surface area contributed by atoms with Gasteiger partial charge in [0, 0.05) is 38.2 Å². The number of H-pyrrole nitrogens is 1. The van der Waals surface area contributed by atoms with E-state index < -0.39 is 10.0 Å². The van der Waals surface area contributed by atoms with Crippen LogP contribution in [0.25, 0.3) is 0 Å². The van der Waals surface area contributed by atoms with Crippen molar-refractivity contribution >= 4 is 28.1 Å². The number of benzene rings is 1. The number of hydrogen-bond donors (Lipinski definition) is 2. The number of aromatic nitrogens is 3.